The van der Waals surface area contributed by atoms with Crippen LogP contribution in [0.15, 0.2) is 82.7 Å². The third-order valence-corrected chi connectivity index (χ3v) is 6.00. The molecule has 0 aliphatic rings. The lowest BCUT2D eigenvalue weighted by Crippen LogP contribution is -2.37. The summed E-state index contributed by atoms with van der Waals surface area (Å²) in [6.45, 7) is 6.63. The van der Waals surface area contributed by atoms with Gasteiger partial charge in [-0.05, 0) is 53.9 Å². The number of nitrogens with zero attached hydrogens (tertiary/aromatic N) is 2. The molecule has 0 aliphatic carbocycles. The molecule has 34 heavy (non-hydrogen) atoms. The lowest BCUT2D eigenvalue weighted by Gasteiger charge is -2.21. The summed E-state index contributed by atoms with van der Waals surface area (Å²) in [5.74, 6) is 0.136. The summed E-state index contributed by atoms with van der Waals surface area (Å²) < 4.78 is 27.7. The number of pyridine rings is 1. The number of halogens is 1. The largest absolute Gasteiger partial charge is 0.355 e. The third kappa shape index (κ3) is 7.57. The Bertz CT molecular complexity index is 1270. The number of carbonyl (C=O) groups is 1. The van der Waals surface area contributed by atoms with Crippen LogP contribution in [0, 0.1) is 5.41 Å². The van der Waals surface area contributed by atoms with Gasteiger partial charge in [0.05, 0.1) is 4.90 Å². The maximum Gasteiger partial charge on any atom is 0.280 e. The molecule has 3 rings (SSSR count). The molecule has 1 heterocycles. The Kier molecular flexibility index (Phi) is 7.90. The van der Waals surface area contributed by atoms with Crippen LogP contribution >= 0.6 is 11.6 Å². The Labute approximate surface area is 204 Å². The smallest absolute Gasteiger partial charge is 0.280 e. The quantitative estimate of drug-likeness (QED) is 0.332. The number of carbonyl (C=O) groups excluding carboxylic acids is 1. The van der Waals surface area contributed by atoms with Crippen molar-refractivity contribution in [2.75, 3.05) is 16.6 Å². The number of benzene rings is 2. The number of aliphatic imine (C=N–C) groups is 1. The Balaban J connectivity index is 1.83. The molecule has 0 fully saturated rings. The van der Waals surface area contributed by atoms with Crippen molar-refractivity contribution in [3.8, 4) is 0 Å². The minimum absolute atomic E-state index is 0.0909. The average Bonchev–Trinajstić information content (AvgIpc) is 2.78. The zero-order valence-electron chi connectivity index (χ0n) is 19.0. The van der Waals surface area contributed by atoms with Crippen LogP contribution in [-0.4, -0.2) is 31.8 Å². The van der Waals surface area contributed by atoms with Crippen molar-refractivity contribution in [2.45, 2.75) is 25.7 Å². The van der Waals surface area contributed by atoms with E-state index in [9.17, 15) is 13.2 Å². The second-order valence-electron chi connectivity index (χ2n) is 8.64. The molecule has 0 radical (unpaired) electrons. The first-order valence-electron chi connectivity index (χ1n) is 10.5. The van der Waals surface area contributed by atoms with Crippen LogP contribution in [0.25, 0.3) is 0 Å². The van der Waals surface area contributed by atoms with Crippen molar-refractivity contribution in [3.63, 3.8) is 0 Å². The summed E-state index contributed by atoms with van der Waals surface area (Å²) in [4.78, 5) is 21.3. The summed E-state index contributed by atoms with van der Waals surface area (Å²) >= 11 is 5.90. The molecule has 8 nitrogen and oxygen atoms in total. The summed E-state index contributed by atoms with van der Waals surface area (Å²) in [5.41, 5.74) is 0.283. The van der Waals surface area contributed by atoms with Crippen LogP contribution in [0.5, 0.6) is 0 Å². The third-order valence-electron chi connectivity index (χ3n) is 4.38. The van der Waals surface area contributed by atoms with Crippen LogP contribution in [0.2, 0.25) is 5.02 Å². The second-order valence-corrected chi connectivity index (χ2v) is 10.8. The summed E-state index contributed by atoms with van der Waals surface area (Å²) in [7, 11) is -3.80. The van der Waals surface area contributed by atoms with Crippen LogP contribution in [0.3, 0.4) is 0 Å². The van der Waals surface area contributed by atoms with Gasteiger partial charge >= 0.3 is 0 Å². The normalized spacial score (nSPS) is 12.2. The van der Waals surface area contributed by atoms with E-state index in [1.807, 2.05) is 20.8 Å². The molecule has 178 valence electrons. The average molecular weight is 500 g/mol. The standard InChI is InChI=1S/C24H26ClN5O3S/c1-24(2,3)16-26-23(29-22(31)17-12-14-18(25)15-13-17)28-20-10-7-11-21(27-20)30-34(32,33)19-8-5-4-6-9-19/h4-15H,16H2,1-3H3,(H3,26,27,28,29,30,31). The van der Waals surface area contributed by atoms with E-state index in [-0.39, 0.29) is 22.1 Å². The number of nitrogens with one attached hydrogen (secondary N) is 3. The molecule has 0 saturated heterocycles. The molecule has 0 spiro atoms. The molecule has 0 bridgehead atoms. The highest BCUT2D eigenvalue weighted by Crippen LogP contribution is 2.17. The van der Waals surface area contributed by atoms with Crippen molar-refractivity contribution < 1.29 is 13.2 Å². The van der Waals surface area contributed by atoms with Gasteiger partial charge in [0.2, 0.25) is 5.96 Å². The molecule has 0 aliphatic heterocycles. The monoisotopic (exact) mass is 499 g/mol. The molecule has 10 heteroatoms. The summed E-state index contributed by atoms with van der Waals surface area (Å²) in [6, 6.07) is 19.2. The zero-order chi connectivity index (χ0) is 24.8. The Morgan fingerprint density at radius 2 is 1.59 bits per heavy atom. The molecule has 3 aromatic rings. The fraction of sp³-hybridized carbons (Fsp3) is 0.208. The van der Waals surface area contributed by atoms with Crippen LogP contribution in [0.1, 0.15) is 31.1 Å². The van der Waals surface area contributed by atoms with E-state index in [1.54, 1.807) is 54.6 Å². The maximum atomic E-state index is 12.7. The van der Waals surface area contributed by atoms with E-state index in [0.717, 1.165) is 0 Å². The molecular weight excluding hydrogens is 474 g/mol. The van der Waals surface area contributed by atoms with Gasteiger partial charge in [-0.15, -0.1) is 0 Å². The summed E-state index contributed by atoms with van der Waals surface area (Å²) in [5, 5.41) is 6.62. The van der Waals surface area contributed by atoms with Gasteiger partial charge in [0.1, 0.15) is 11.6 Å². The van der Waals surface area contributed by atoms with E-state index >= 15 is 0 Å². The number of anilines is 2. The maximum absolute atomic E-state index is 12.7. The van der Waals surface area contributed by atoms with Gasteiger partial charge in [-0.2, -0.15) is 4.99 Å². The lowest BCUT2D eigenvalue weighted by atomic mass is 9.97. The van der Waals surface area contributed by atoms with Gasteiger partial charge in [-0.25, -0.2) is 13.4 Å². The molecule has 1 amide bonds. The molecule has 1 aromatic heterocycles. The Morgan fingerprint density at radius 1 is 0.941 bits per heavy atom. The number of amides is 1. The van der Waals surface area contributed by atoms with E-state index in [2.05, 4.69) is 25.3 Å². The number of hydrogen-bond acceptors (Lipinski definition) is 4. The molecule has 2 aromatic carbocycles. The predicted molar refractivity (Wildman–Crippen MR) is 136 cm³/mol. The number of guanidine groups is 1. The topological polar surface area (TPSA) is 113 Å². The minimum atomic E-state index is -3.80. The van der Waals surface area contributed by atoms with Gasteiger partial charge in [0, 0.05) is 17.1 Å². The highest BCUT2D eigenvalue weighted by atomic mass is 35.5. The first-order chi connectivity index (χ1) is 16.0. The van der Waals surface area contributed by atoms with E-state index in [1.165, 1.54) is 18.2 Å². The zero-order valence-corrected chi connectivity index (χ0v) is 20.6. The second kappa shape index (κ2) is 10.7. The number of rotatable bonds is 6. The van der Waals surface area contributed by atoms with E-state index in [4.69, 9.17) is 11.6 Å². The SMILES string of the molecule is CC(C)(C)CN/C(=N/C(=O)c1ccc(Cl)cc1)Nc1cccc(NS(=O)(=O)c2ccccc2)n1. The van der Waals surface area contributed by atoms with Crippen LogP contribution < -0.4 is 15.4 Å². The first-order valence-corrected chi connectivity index (χ1v) is 12.3. The van der Waals surface area contributed by atoms with Gasteiger partial charge in [0.15, 0.2) is 0 Å². The number of hydrogen-bond donors (Lipinski definition) is 3. The van der Waals surface area contributed by atoms with Gasteiger partial charge in [0.25, 0.3) is 15.9 Å². The molecule has 0 unspecified atom stereocenters. The summed E-state index contributed by atoms with van der Waals surface area (Å²) in [6.07, 6.45) is 0. The molecule has 0 atom stereocenters. The van der Waals surface area contributed by atoms with Gasteiger partial charge in [-0.1, -0.05) is 56.6 Å². The number of sulfonamides is 1. The van der Waals surface area contributed by atoms with Crippen molar-refractivity contribution in [1.82, 2.24) is 10.3 Å². The van der Waals surface area contributed by atoms with Crippen LogP contribution in [-0.2, 0) is 10.0 Å². The van der Waals surface area contributed by atoms with Crippen molar-refractivity contribution >= 4 is 45.1 Å². The first kappa shape index (κ1) is 25.2. The minimum Gasteiger partial charge on any atom is -0.355 e. The van der Waals surface area contributed by atoms with Crippen molar-refractivity contribution in [3.05, 3.63) is 83.4 Å². The van der Waals surface area contributed by atoms with Crippen molar-refractivity contribution in [2.24, 2.45) is 10.4 Å². The van der Waals surface area contributed by atoms with Crippen LogP contribution in [0.4, 0.5) is 11.6 Å². The lowest BCUT2D eigenvalue weighted by molar-refractivity contribution is 0.100. The highest BCUT2D eigenvalue weighted by molar-refractivity contribution is 7.92. The van der Waals surface area contributed by atoms with Gasteiger partial charge < -0.3 is 10.6 Å². The predicted octanol–water partition coefficient (Wildman–Crippen LogP) is 4.78. The fourth-order valence-electron chi connectivity index (χ4n) is 2.70. The van der Waals surface area contributed by atoms with Gasteiger partial charge in [-0.3, -0.25) is 9.52 Å². The van der Waals surface area contributed by atoms with E-state index < -0.39 is 15.9 Å². The van der Waals surface area contributed by atoms with E-state index in [0.29, 0.717) is 22.9 Å². The fourth-order valence-corrected chi connectivity index (χ4v) is 3.85. The Hall–Kier alpha value is -3.43. The Morgan fingerprint density at radius 3 is 2.24 bits per heavy atom. The molecular formula is C24H26ClN5O3S. The number of aromatic nitrogens is 1. The molecule has 3 N–H and O–H groups in total. The van der Waals surface area contributed by atoms with Crippen molar-refractivity contribution in [1.29, 1.82) is 0 Å². The highest BCUT2D eigenvalue weighted by Gasteiger charge is 2.16. The molecule has 0 saturated carbocycles.